The molecule has 0 saturated heterocycles. The van der Waals surface area contributed by atoms with Gasteiger partial charge in [-0.2, -0.15) is 0 Å². The summed E-state index contributed by atoms with van der Waals surface area (Å²) in [7, 11) is -1.82. The predicted octanol–water partition coefficient (Wildman–Crippen LogP) is 1.16. The van der Waals surface area contributed by atoms with Crippen LogP contribution in [-0.2, 0) is 24.2 Å². The van der Waals surface area contributed by atoms with Crippen LogP contribution in [0.2, 0.25) is 0 Å². The van der Waals surface area contributed by atoms with E-state index < -0.39 is 10.0 Å². The topological polar surface area (TPSA) is 103 Å². The van der Waals surface area contributed by atoms with E-state index >= 15 is 0 Å². The van der Waals surface area contributed by atoms with Gasteiger partial charge in [0, 0.05) is 26.7 Å². The number of nitrogens with two attached hydrogens (primary N) is 1. The summed E-state index contributed by atoms with van der Waals surface area (Å²) in [5, 5.41) is 0. The molecule has 0 bridgehead atoms. The predicted molar refractivity (Wildman–Crippen MR) is 110 cm³/mol. The van der Waals surface area contributed by atoms with Gasteiger partial charge >= 0.3 is 0 Å². The van der Waals surface area contributed by atoms with E-state index in [4.69, 9.17) is 31.7 Å². The summed E-state index contributed by atoms with van der Waals surface area (Å²) in [6, 6.07) is 6.88. The fourth-order valence-corrected chi connectivity index (χ4v) is 3.70. The number of nitrogens with zero attached hydrogens (tertiary/aromatic N) is 1. The van der Waals surface area contributed by atoms with E-state index in [2.05, 4.69) is 4.72 Å². The second kappa shape index (κ2) is 14.2. The molecule has 0 aromatic heterocycles. The molecule has 0 spiro atoms. The van der Waals surface area contributed by atoms with Gasteiger partial charge in [-0.05, 0) is 35.4 Å². The van der Waals surface area contributed by atoms with Crippen LogP contribution in [0.3, 0.4) is 0 Å². The van der Waals surface area contributed by atoms with E-state index in [0.717, 1.165) is 5.56 Å². The van der Waals surface area contributed by atoms with Crippen molar-refractivity contribution >= 4 is 21.8 Å². The molecule has 1 aromatic rings. The van der Waals surface area contributed by atoms with E-state index in [1.807, 2.05) is 13.0 Å². The van der Waals surface area contributed by atoms with E-state index in [1.54, 1.807) is 29.7 Å². The van der Waals surface area contributed by atoms with Crippen molar-refractivity contribution in [2.24, 2.45) is 5.73 Å². The third-order valence-electron chi connectivity index (χ3n) is 3.81. The molecule has 0 aliphatic heterocycles. The summed E-state index contributed by atoms with van der Waals surface area (Å²) >= 11 is 5.88. The van der Waals surface area contributed by atoms with Crippen LogP contribution in [0.15, 0.2) is 29.2 Å². The molecule has 162 valence electrons. The average molecular weight is 438 g/mol. The van der Waals surface area contributed by atoms with Crippen molar-refractivity contribution in [3.05, 3.63) is 29.8 Å². The molecule has 10 heteroatoms. The number of benzene rings is 1. The molecular formula is C18H32ClN3O5S. The lowest BCUT2D eigenvalue weighted by atomic mass is 10.0. The molecule has 3 N–H and O–H groups in total. The van der Waals surface area contributed by atoms with E-state index in [9.17, 15) is 8.42 Å². The smallest absolute Gasteiger partial charge is 0.240 e. The van der Waals surface area contributed by atoms with Gasteiger partial charge in [0.15, 0.2) is 0 Å². The summed E-state index contributed by atoms with van der Waals surface area (Å²) in [5.41, 5.74) is 6.22. The minimum atomic E-state index is -3.59. The highest BCUT2D eigenvalue weighted by Crippen LogP contribution is 2.20. The minimum absolute atomic E-state index is 0.113. The fourth-order valence-electron chi connectivity index (χ4n) is 2.43. The summed E-state index contributed by atoms with van der Waals surface area (Å²) in [6.45, 7) is 5.86. The van der Waals surface area contributed by atoms with Gasteiger partial charge < -0.3 is 19.9 Å². The molecule has 0 heterocycles. The maximum absolute atomic E-state index is 12.4. The van der Waals surface area contributed by atoms with Gasteiger partial charge in [-0.25, -0.2) is 17.6 Å². The number of rotatable bonds is 16. The fraction of sp³-hybridized carbons (Fsp3) is 0.667. The van der Waals surface area contributed by atoms with Crippen molar-refractivity contribution in [3.63, 3.8) is 0 Å². The normalized spacial score (nSPS) is 13.2. The monoisotopic (exact) mass is 437 g/mol. The molecule has 0 radical (unpaired) electrons. The number of hydrogen-bond donors (Lipinski definition) is 2. The SMILES string of the molecule is CC(CN(C)Cl)c1cccc(S(=O)(=O)NCCOCCOCCOCCN)c1. The Morgan fingerprint density at radius 1 is 1.11 bits per heavy atom. The zero-order valence-corrected chi connectivity index (χ0v) is 18.2. The van der Waals surface area contributed by atoms with Gasteiger partial charge in [-0.3, -0.25) is 0 Å². The summed E-state index contributed by atoms with van der Waals surface area (Å²) in [5.74, 6) is 0.113. The van der Waals surface area contributed by atoms with Crippen LogP contribution in [-0.4, -0.2) is 79.2 Å². The van der Waals surface area contributed by atoms with E-state index in [1.165, 1.54) is 0 Å². The van der Waals surface area contributed by atoms with Gasteiger partial charge in [-0.15, -0.1) is 0 Å². The zero-order valence-electron chi connectivity index (χ0n) is 16.6. The molecule has 1 aromatic carbocycles. The number of halogens is 1. The molecule has 1 atom stereocenters. The molecule has 1 unspecified atom stereocenters. The first kappa shape index (κ1) is 25.3. The van der Waals surface area contributed by atoms with Gasteiger partial charge in [0.1, 0.15) is 0 Å². The Hall–Kier alpha value is -0.780. The quantitative estimate of drug-likeness (QED) is 0.295. The third-order valence-corrected chi connectivity index (χ3v) is 5.40. The Balaban J connectivity index is 2.29. The standard InChI is InChI=1S/C18H32ClN3O5S/c1-16(15-22(2)19)17-4-3-5-18(14-17)28(23,24)21-7-9-26-11-13-27-12-10-25-8-6-20/h3-5,14,16,21H,6-13,15,20H2,1-2H3. The van der Waals surface area contributed by atoms with Crippen molar-refractivity contribution in [1.82, 2.24) is 9.14 Å². The van der Waals surface area contributed by atoms with Crippen LogP contribution in [0.1, 0.15) is 18.4 Å². The van der Waals surface area contributed by atoms with Crippen LogP contribution in [0.4, 0.5) is 0 Å². The van der Waals surface area contributed by atoms with Crippen molar-refractivity contribution in [2.75, 3.05) is 66.3 Å². The Morgan fingerprint density at radius 3 is 2.32 bits per heavy atom. The van der Waals surface area contributed by atoms with Gasteiger partial charge in [0.2, 0.25) is 10.0 Å². The third kappa shape index (κ3) is 10.7. The largest absolute Gasteiger partial charge is 0.378 e. The second-order valence-electron chi connectivity index (χ2n) is 6.28. The molecule has 1 rings (SSSR count). The number of ether oxygens (including phenoxy) is 3. The first-order chi connectivity index (χ1) is 13.4. The summed E-state index contributed by atoms with van der Waals surface area (Å²) < 4.78 is 44.8. The highest BCUT2D eigenvalue weighted by atomic mass is 35.5. The maximum atomic E-state index is 12.4. The van der Waals surface area contributed by atoms with Crippen LogP contribution in [0.25, 0.3) is 0 Å². The van der Waals surface area contributed by atoms with Crippen molar-refractivity contribution < 1.29 is 22.6 Å². The first-order valence-electron chi connectivity index (χ1n) is 9.26. The Bertz CT molecular complexity index is 646. The lowest BCUT2D eigenvalue weighted by Crippen LogP contribution is -2.28. The molecular weight excluding hydrogens is 406 g/mol. The minimum Gasteiger partial charge on any atom is -0.378 e. The zero-order chi connectivity index (χ0) is 20.8. The first-order valence-corrected chi connectivity index (χ1v) is 11.1. The Labute approximate surface area is 173 Å². The van der Waals surface area contributed by atoms with E-state index in [-0.39, 0.29) is 24.0 Å². The van der Waals surface area contributed by atoms with Crippen LogP contribution in [0.5, 0.6) is 0 Å². The molecule has 0 saturated carbocycles. The van der Waals surface area contributed by atoms with Gasteiger partial charge in [0.25, 0.3) is 0 Å². The second-order valence-corrected chi connectivity index (χ2v) is 8.63. The molecule has 0 fully saturated rings. The molecule has 0 aliphatic rings. The summed E-state index contributed by atoms with van der Waals surface area (Å²) in [6.07, 6.45) is 0. The number of hydrogen-bond acceptors (Lipinski definition) is 7. The molecule has 8 nitrogen and oxygen atoms in total. The summed E-state index contributed by atoms with van der Waals surface area (Å²) in [4.78, 5) is 0.231. The highest BCUT2D eigenvalue weighted by Gasteiger charge is 2.16. The number of likely N-dealkylation sites (N-methyl/N-ethyl adjacent to an activating group) is 1. The van der Waals surface area contributed by atoms with Crippen LogP contribution >= 0.6 is 11.8 Å². The van der Waals surface area contributed by atoms with Crippen molar-refractivity contribution in [1.29, 1.82) is 0 Å². The van der Waals surface area contributed by atoms with E-state index in [0.29, 0.717) is 46.1 Å². The maximum Gasteiger partial charge on any atom is 0.240 e. The highest BCUT2D eigenvalue weighted by molar-refractivity contribution is 7.89. The Morgan fingerprint density at radius 2 is 1.71 bits per heavy atom. The average Bonchev–Trinajstić information content (AvgIpc) is 2.65. The van der Waals surface area contributed by atoms with Gasteiger partial charge in [-0.1, -0.05) is 19.1 Å². The molecule has 0 aliphatic carbocycles. The van der Waals surface area contributed by atoms with Crippen molar-refractivity contribution in [3.8, 4) is 0 Å². The van der Waals surface area contributed by atoms with Crippen LogP contribution in [0, 0.1) is 0 Å². The Kier molecular flexibility index (Phi) is 12.8. The molecule has 0 amide bonds. The number of sulfonamides is 1. The molecule has 28 heavy (non-hydrogen) atoms. The van der Waals surface area contributed by atoms with Crippen LogP contribution < -0.4 is 10.5 Å². The van der Waals surface area contributed by atoms with Crippen molar-refractivity contribution in [2.45, 2.75) is 17.7 Å². The number of nitrogens with one attached hydrogen (secondary N) is 1. The lowest BCUT2D eigenvalue weighted by Gasteiger charge is -2.16. The lowest BCUT2D eigenvalue weighted by molar-refractivity contribution is 0.0171. The van der Waals surface area contributed by atoms with Gasteiger partial charge in [0.05, 0.1) is 44.5 Å².